The highest BCUT2D eigenvalue weighted by Gasteiger charge is 2.03. The van der Waals surface area contributed by atoms with Gasteiger partial charge in [0.2, 0.25) is 0 Å². The molecule has 4 heteroatoms. The van der Waals surface area contributed by atoms with Gasteiger partial charge in [-0.2, -0.15) is 5.26 Å². The zero-order valence-corrected chi connectivity index (χ0v) is 8.93. The minimum absolute atomic E-state index is 0.0824. The predicted molar refractivity (Wildman–Crippen MR) is 60.9 cm³/mol. The average molecular weight is 228 g/mol. The molecule has 0 aliphatic carbocycles. The largest absolute Gasteiger partial charge is 0.350 e. The molecule has 1 aromatic carbocycles. The second-order valence-corrected chi connectivity index (χ2v) is 3.62. The van der Waals surface area contributed by atoms with E-state index in [1.807, 2.05) is 6.07 Å². The van der Waals surface area contributed by atoms with Crippen molar-refractivity contribution in [2.75, 3.05) is 0 Å². The molecule has 2 aromatic rings. The first kappa shape index (κ1) is 11.1. The molecule has 0 bridgehead atoms. The second kappa shape index (κ2) is 4.62. The van der Waals surface area contributed by atoms with Crippen molar-refractivity contribution in [1.82, 2.24) is 4.57 Å². The molecule has 0 atom stereocenters. The van der Waals surface area contributed by atoms with Gasteiger partial charge in [0.05, 0.1) is 11.6 Å². The molecule has 0 saturated heterocycles. The van der Waals surface area contributed by atoms with Crippen LogP contribution < -0.4 is 5.43 Å². The van der Waals surface area contributed by atoms with Crippen molar-refractivity contribution in [2.45, 2.75) is 6.54 Å². The number of hydrogen-bond donors (Lipinski definition) is 0. The molecular weight excluding hydrogens is 219 g/mol. The molecule has 1 aromatic heterocycles. The molecule has 84 valence electrons. The molecule has 0 unspecified atom stereocenters. The van der Waals surface area contributed by atoms with Crippen LogP contribution in [0.4, 0.5) is 4.39 Å². The topological polar surface area (TPSA) is 45.8 Å². The molecule has 3 nitrogen and oxygen atoms in total. The Balaban J connectivity index is 2.35. The lowest BCUT2D eigenvalue weighted by molar-refractivity contribution is 0.623. The van der Waals surface area contributed by atoms with Gasteiger partial charge in [-0.25, -0.2) is 4.39 Å². The monoisotopic (exact) mass is 228 g/mol. The number of rotatable bonds is 2. The van der Waals surface area contributed by atoms with Crippen LogP contribution in [0.3, 0.4) is 0 Å². The summed E-state index contributed by atoms with van der Waals surface area (Å²) in [5.41, 5.74) is 0.947. The van der Waals surface area contributed by atoms with Crippen LogP contribution in [0.25, 0.3) is 0 Å². The molecular formula is C13H9FN2O. The van der Waals surface area contributed by atoms with Crippen LogP contribution in [-0.2, 0) is 6.54 Å². The third kappa shape index (κ3) is 2.58. The van der Waals surface area contributed by atoms with Crippen LogP contribution in [0.15, 0.2) is 47.5 Å². The number of benzene rings is 1. The first-order chi connectivity index (χ1) is 8.19. The Kier molecular flexibility index (Phi) is 3.01. The lowest BCUT2D eigenvalue weighted by Gasteiger charge is -2.07. The van der Waals surface area contributed by atoms with Crippen LogP contribution in [0.2, 0.25) is 0 Å². The van der Waals surface area contributed by atoms with Gasteiger partial charge < -0.3 is 4.57 Å². The highest BCUT2D eigenvalue weighted by molar-refractivity contribution is 5.38. The fourth-order valence-electron chi connectivity index (χ4n) is 1.55. The van der Waals surface area contributed by atoms with E-state index in [4.69, 9.17) is 5.26 Å². The van der Waals surface area contributed by atoms with Gasteiger partial charge in [0.15, 0.2) is 5.43 Å². The molecule has 0 N–H and O–H groups in total. The third-order valence-electron chi connectivity index (χ3n) is 2.40. The van der Waals surface area contributed by atoms with Crippen molar-refractivity contribution in [3.63, 3.8) is 0 Å². The smallest absolute Gasteiger partial charge is 0.181 e. The maximum atomic E-state index is 13.1. The fraction of sp³-hybridized carbons (Fsp3) is 0.0769. The summed E-state index contributed by atoms with van der Waals surface area (Å²) in [4.78, 5) is 10.9. The summed E-state index contributed by atoms with van der Waals surface area (Å²) < 4.78 is 14.8. The first-order valence-electron chi connectivity index (χ1n) is 5.03. The summed E-state index contributed by atoms with van der Waals surface area (Å²) in [6.45, 7) is 0.362. The minimum atomic E-state index is -0.375. The van der Waals surface area contributed by atoms with Crippen LogP contribution in [-0.4, -0.2) is 4.57 Å². The van der Waals surface area contributed by atoms with E-state index in [0.717, 1.165) is 0 Å². The van der Waals surface area contributed by atoms with E-state index in [1.165, 1.54) is 30.3 Å². The predicted octanol–water partition coefficient (Wildman–Crippen LogP) is 1.91. The molecule has 0 spiro atoms. The minimum Gasteiger partial charge on any atom is -0.350 e. The number of nitrogens with zero attached hydrogens (tertiary/aromatic N) is 2. The fourth-order valence-corrected chi connectivity index (χ4v) is 1.55. The molecule has 0 radical (unpaired) electrons. The van der Waals surface area contributed by atoms with Crippen molar-refractivity contribution in [2.24, 2.45) is 0 Å². The van der Waals surface area contributed by atoms with Crippen molar-refractivity contribution in [3.8, 4) is 6.07 Å². The summed E-state index contributed by atoms with van der Waals surface area (Å²) in [5.74, 6) is -0.375. The number of nitriles is 1. The molecule has 17 heavy (non-hydrogen) atoms. The normalized spacial score (nSPS) is 9.88. The van der Waals surface area contributed by atoms with Crippen molar-refractivity contribution < 1.29 is 4.39 Å². The van der Waals surface area contributed by atoms with Gasteiger partial charge in [-0.3, -0.25) is 4.79 Å². The third-order valence-corrected chi connectivity index (χ3v) is 2.40. The molecule has 0 aliphatic rings. The number of hydrogen-bond acceptors (Lipinski definition) is 2. The Morgan fingerprint density at radius 2 is 1.94 bits per heavy atom. The van der Waals surface area contributed by atoms with Gasteiger partial charge in [0.1, 0.15) is 5.82 Å². The van der Waals surface area contributed by atoms with Crippen molar-refractivity contribution >= 4 is 0 Å². The first-order valence-corrected chi connectivity index (χ1v) is 5.03. The zero-order valence-electron chi connectivity index (χ0n) is 8.93. The number of pyridine rings is 1. The molecule has 0 amide bonds. The van der Waals surface area contributed by atoms with Gasteiger partial charge >= 0.3 is 0 Å². The van der Waals surface area contributed by atoms with Crippen molar-refractivity contribution in [3.05, 3.63) is 69.9 Å². The Labute approximate surface area is 97.4 Å². The summed E-state index contributed by atoms with van der Waals surface area (Å²) in [6.07, 6.45) is 3.21. The van der Waals surface area contributed by atoms with Gasteiger partial charge in [0.25, 0.3) is 0 Å². The zero-order chi connectivity index (χ0) is 12.3. The Bertz CT molecular complexity index is 620. The van der Waals surface area contributed by atoms with Crippen LogP contribution >= 0.6 is 0 Å². The Hall–Kier alpha value is -2.41. The van der Waals surface area contributed by atoms with E-state index in [2.05, 4.69) is 0 Å². The highest BCUT2D eigenvalue weighted by Crippen LogP contribution is 2.11. The Morgan fingerprint density at radius 3 is 2.59 bits per heavy atom. The van der Waals surface area contributed by atoms with Crippen molar-refractivity contribution in [1.29, 1.82) is 5.26 Å². The summed E-state index contributed by atoms with van der Waals surface area (Å²) in [6, 6.07) is 8.90. The molecule has 0 fully saturated rings. The molecule has 2 rings (SSSR count). The lowest BCUT2D eigenvalue weighted by atomic mass is 10.1. The SMILES string of the molecule is N#Cc1ccc(F)cc1Cn1ccc(=O)cc1. The second-order valence-electron chi connectivity index (χ2n) is 3.62. The average Bonchev–Trinajstić information content (AvgIpc) is 2.32. The van der Waals surface area contributed by atoms with E-state index in [0.29, 0.717) is 17.7 Å². The van der Waals surface area contributed by atoms with Gasteiger partial charge in [-0.15, -0.1) is 0 Å². The quantitative estimate of drug-likeness (QED) is 0.788. The van der Waals surface area contributed by atoms with Crippen LogP contribution in [0.5, 0.6) is 0 Å². The number of aromatic nitrogens is 1. The number of halogens is 1. The van der Waals surface area contributed by atoms with Crippen LogP contribution in [0, 0.1) is 17.1 Å². The summed E-state index contributed by atoms with van der Waals surface area (Å²) in [7, 11) is 0. The van der Waals surface area contributed by atoms with E-state index in [9.17, 15) is 9.18 Å². The standard InChI is InChI=1S/C13H9FN2O/c14-12-2-1-10(8-15)11(7-12)9-16-5-3-13(17)4-6-16/h1-7H,9H2. The van der Waals surface area contributed by atoms with Crippen LogP contribution in [0.1, 0.15) is 11.1 Å². The molecule has 1 heterocycles. The highest BCUT2D eigenvalue weighted by atomic mass is 19.1. The van der Waals surface area contributed by atoms with Gasteiger partial charge in [0, 0.05) is 31.1 Å². The van der Waals surface area contributed by atoms with E-state index >= 15 is 0 Å². The van der Waals surface area contributed by atoms with E-state index in [-0.39, 0.29) is 11.2 Å². The lowest BCUT2D eigenvalue weighted by Crippen LogP contribution is -2.06. The maximum absolute atomic E-state index is 13.1. The summed E-state index contributed by atoms with van der Waals surface area (Å²) in [5, 5.41) is 8.90. The van der Waals surface area contributed by atoms with E-state index in [1.54, 1.807) is 17.0 Å². The van der Waals surface area contributed by atoms with Gasteiger partial charge in [-0.05, 0) is 23.8 Å². The maximum Gasteiger partial charge on any atom is 0.181 e. The summed E-state index contributed by atoms with van der Waals surface area (Å²) >= 11 is 0. The van der Waals surface area contributed by atoms with Gasteiger partial charge in [-0.1, -0.05) is 0 Å². The van der Waals surface area contributed by atoms with E-state index < -0.39 is 0 Å². The molecule has 0 aliphatic heterocycles. The Morgan fingerprint density at radius 1 is 1.24 bits per heavy atom. The molecule has 0 saturated carbocycles.